The van der Waals surface area contributed by atoms with Crippen LogP contribution in [0.15, 0.2) is 35.7 Å². The van der Waals surface area contributed by atoms with Gasteiger partial charge in [0, 0.05) is 29.2 Å². The van der Waals surface area contributed by atoms with E-state index in [1.54, 1.807) is 17.4 Å². The Bertz CT molecular complexity index is 555. The van der Waals surface area contributed by atoms with Gasteiger partial charge in [-0.25, -0.2) is 0 Å². The second kappa shape index (κ2) is 6.19. The van der Waals surface area contributed by atoms with E-state index in [0.717, 1.165) is 13.0 Å². The van der Waals surface area contributed by atoms with Crippen molar-refractivity contribution < 1.29 is 9.66 Å². The Hall–Kier alpha value is -2.08. The quantitative estimate of drug-likeness (QED) is 0.650. The summed E-state index contributed by atoms with van der Waals surface area (Å²) in [6.45, 7) is 0.727. The van der Waals surface area contributed by atoms with Crippen molar-refractivity contribution in [2.24, 2.45) is 0 Å². The van der Waals surface area contributed by atoms with E-state index in [1.807, 2.05) is 11.4 Å². The molecule has 1 N–H and O–H groups in total. The minimum Gasteiger partial charge on any atom is -0.496 e. The maximum atomic E-state index is 10.8. The minimum absolute atomic E-state index is 0.0259. The molecule has 0 atom stereocenters. The summed E-state index contributed by atoms with van der Waals surface area (Å²) in [6, 6.07) is 8.75. The largest absolute Gasteiger partial charge is 0.496 e. The molecule has 0 saturated heterocycles. The van der Waals surface area contributed by atoms with Gasteiger partial charge in [0.15, 0.2) is 0 Å². The van der Waals surface area contributed by atoms with Gasteiger partial charge in [0.25, 0.3) is 5.69 Å². The standard InChI is InChI=1S/C13H14N2O3S/c1-18-12-8-10(7-11(9-12)15(16)17)14-5-4-13-3-2-6-19-13/h2-3,6-9,14H,4-5H2,1H3. The number of hydrogen-bond acceptors (Lipinski definition) is 5. The van der Waals surface area contributed by atoms with E-state index in [0.29, 0.717) is 11.4 Å². The summed E-state index contributed by atoms with van der Waals surface area (Å²) in [7, 11) is 1.49. The first-order chi connectivity index (χ1) is 9.19. The molecule has 100 valence electrons. The zero-order valence-corrected chi connectivity index (χ0v) is 11.3. The SMILES string of the molecule is COc1cc(NCCc2cccs2)cc([N+](=O)[O-])c1. The molecule has 6 heteroatoms. The molecule has 1 aromatic heterocycles. The van der Waals surface area contributed by atoms with Crippen LogP contribution in [0.3, 0.4) is 0 Å². The lowest BCUT2D eigenvalue weighted by Gasteiger charge is -2.07. The molecule has 0 amide bonds. The fraction of sp³-hybridized carbons (Fsp3) is 0.231. The second-order valence-electron chi connectivity index (χ2n) is 3.93. The number of rotatable bonds is 6. The highest BCUT2D eigenvalue weighted by molar-refractivity contribution is 7.09. The fourth-order valence-corrected chi connectivity index (χ4v) is 2.40. The van der Waals surface area contributed by atoms with Crippen molar-refractivity contribution in [2.75, 3.05) is 19.0 Å². The van der Waals surface area contributed by atoms with Gasteiger partial charge in [-0.15, -0.1) is 11.3 Å². The number of nitrogens with zero attached hydrogens (tertiary/aromatic N) is 1. The Kier molecular flexibility index (Phi) is 4.35. The summed E-state index contributed by atoms with van der Waals surface area (Å²) >= 11 is 1.70. The smallest absolute Gasteiger partial charge is 0.275 e. The molecule has 19 heavy (non-hydrogen) atoms. The molecule has 0 unspecified atom stereocenters. The van der Waals surface area contributed by atoms with Gasteiger partial charge >= 0.3 is 0 Å². The van der Waals surface area contributed by atoms with E-state index in [-0.39, 0.29) is 5.69 Å². The molecule has 0 saturated carbocycles. The molecule has 1 aromatic carbocycles. The average Bonchev–Trinajstić information content (AvgIpc) is 2.91. The zero-order valence-electron chi connectivity index (χ0n) is 10.5. The first-order valence-electron chi connectivity index (χ1n) is 5.79. The van der Waals surface area contributed by atoms with Crippen LogP contribution in [0.4, 0.5) is 11.4 Å². The number of ether oxygens (including phenoxy) is 1. The monoisotopic (exact) mass is 278 g/mol. The van der Waals surface area contributed by atoms with Crippen molar-refractivity contribution in [1.82, 2.24) is 0 Å². The van der Waals surface area contributed by atoms with Gasteiger partial charge in [-0.05, 0) is 17.9 Å². The van der Waals surface area contributed by atoms with Crippen molar-refractivity contribution in [1.29, 1.82) is 0 Å². The predicted molar refractivity (Wildman–Crippen MR) is 76.2 cm³/mol. The Morgan fingerprint density at radius 1 is 1.42 bits per heavy atom. The minimum atomic E-state index is -0.424. The van der Waals surface area contributed by atoms with Crippen LogP contribution in [-0.2, 0) is 6.42 Å². The molecule has 1 heterocycles. The maximum Gasteiger partial charge on any atom is 0.275 e. The van der Waals surface area contributed by atoms with Gasteiger partial charge in [0.1, 0.15) is 5.75 Å². The van der Waals surface area contributed by atoms with Crippen LogP contribution in [0.2, 0.25) is 0 Å². The summed E-state index contributed by atoms with van der Waals surface area (Å²) < 4.78 is 5.06. The number of nitro benzene ring substituents is 1. The van der Waals surface area contributed by atoms with Crippen molar-refractivity contribution in [3.63, 3.8) is 0 Å². The van der Waals surface area contributed by atoms with Gasteiger partial charge in [-0.3, -0.25) is 10.1 Å². The lowest BCUT2D eigenvalue weighted by Crippen LogP contribution is -2.04. The lowest BCUT2D eigenvalue weighted by molar-refractivity contribution is -0.384. The lowest BCUT2D eigenvalue weighted by atomic mass is 10.2. The topological polar surface area (TPSA) is 64.4 Å². The van der Waals surface area contributed by atoms with Crippen LogP contribution in [0.25, 0.3) is 0 Å². The van der Waals surface area contributed by atoms with Crippen LogP contribution >= 0.6 is 11.3 Å². The molecule has 0 aliphatic rings. The van der Waals surface area contributed by atoms with Crippen LogP contribution in [-0.4, -0.2) is 18.6 Å². The number of methoxy groups -OCH3 is 1. The molecule has 2 aromatic rings. The Labute approximate surface area is 115 Å². The first kappa shape index (κ1) is 13.4. The molecule has 0 fully saturated rings. The number of thiophene rings is 1. The van der Waals surface area contributed by atoms with Crippen molar-refractivity contribution in [3.8, 4) is 5.75 Å². The molecule has 2 rings (SSSR count). The third-order valence-corrected chi connectivity index (χ3v) is 3.55. The summed E-state index contributed by atoms with van der Waals surface area (Å²) in [6.07, 6.45) is 0.892. The normalized spacial score (nSPS) is 10.2. The zero-order chi connectivity index (χ0) is 13.7. The number of hydrogen-bond donors (Lipinski definition) is 1. The van der Waals surface area contributed by atoms with Gasteiger partial charge in [-0.1, -0.05) is 6.07 Å². The van der Waals surface area contributed by atoms with Crippen molar-refractivity contribution in [2.45, 2.75) is 6.42 Å². The van der Waals surface area contributed by atoms with Gasteiger partial charge in [0.2, 0.25) is 0 Å². The fourth-order valence-electron chi connectivity index (χ4n) is 1.69. The molecule has 0 aliphatic carbocycles. The van der Waals surface area contributed by atoms with E-state index in [9.17, 15) is 10.1 Å². The molecular weight excluding hydrogens is 264 g/mol. The predicted octanol–water partition coefficient (Wildman–Crippen LogP) is 3.32. The van der Waals surface area contributed by atoms with Crippen LogP contribution in [0.5, 0.6) is 5.75 Å². The van der Waals surface area contributed by atoms with E-state index in [4.69, 9.17) is 4.74 Å². The van der Waals surface area contributed by atoms with E-state index in [1.165, 1.54) is 24.1 Å². The van der Waals surface area contributed by atoms with Gasteiger partial charge in [-0.2, -0.15) is 0 Å². The molecule has 0 radical (unpaired) electrons. The molecule has 0 spiro atoms. The molecule has 0 bridgehead atoms. The first-order valence-corrected chi connectivity index (χ1v) is 6.67. The van der Waals surface area contributed by atoms with Gasteiger partial charge in [0.05, 0.1) is 18.1 Å². The number of nitrogens with one attached hydrogen (secondary N) is 1. The number of benzene rings is 1. The third-order valence-electron chi connectivity index (χ3n) is 2.62. The Morgan fingerprint density at radius 3 is 2.89 bits per heavy atom. The Morgan fingerprint density at radius 2 is 2.26 bits per heavy atom. The van der Waals surface area contributed by atoms with Crippen LogP contribution in [0, 0.1) is 10.1 Å². The number of non-ortho nitro benzene ring substituents is 1. The molecule has 5 nitrogen and oxygen atoms in total. The van der Waals surface area contributed by atoms with Crippen LogP contribution < -0.4 is 10.1 Å². The average molecular weight is 278 g/mol. The van der Waals surface area contributed by atoms with Gasteiger partial charge < -0.3 is 10.1 Å². The van der Waals surface area contributed by atoms with E-state index >= 15 is 0 Å². The van der Waals surface area contributed by atoms with Crippen LogP contribution in [0.1, 0.15) is 4.88 Å². The molecule has 0 aliphatic heterocycles. The maximum absolute atomic E-state index is 10.8. The Balaban J connectivity index is 2.02. The summed E-state index contributed by atoms with van der Waals surface area (Å²) in [5.74, 6) is 0.479. The summed E-state index contributed by atoms with van der Waals surface area (Å²) in [5, 5.41) is 16.0. The highest BCUT2D eigenvalue weighted by atomic mass is 32.1. The highest BCUT2D eigenvalue weighted by Crippen LogP contribution is 2.25. The second-order valence-corrected chi connectivity index (χ2v) is 4.97. The van der Waals surface area contributed by atoms with Crippen molar-refractivity contribution in [3.05, 3.63) is 50.7 Å². The number of nitro groups is 1. The van der Waals surface area contributed by atoms with Crippen molar-refractivity contribution >= 4 is 22.7 Å². The van der Waals surface area contributed by atoms with E-state index in [2.05, 4.69) is 11.4 Å². The number of anilines is 1. The highest BCUT2D eigenvalue weighted by Gasteiger charge is 2.09. The summed E-state index contributed by atoms with van der Waals surface area (Å²) in [5.41, 5.74) is 0.723. The van der Waals surface area contributed by atoms with E-state index < -0.39 is 4.92 Å². The molecular formula is C13H14N2O3S. The third kappa shape index (κ3) is 3.69. The summed E-state index contributed by atoms with van der Waals surface area (Å²) in [4.78, 5) is 11.7.